The molecule has 2 aliphatic heterocycles. The van der Waals surface area contributed by atoms with E-state index in [-0.39, 0.29) is 0 Å². The summed E-state index contributed by atoms with van der Waals surface area (Å²) in [6.07, 6.45) is 5.22. The molecule has 1 atom stereocenters. The van der Waals surface area contributed by atoms with Gasteiger partial charge in [-0.25, -0.2) is 9.97 Å². The summed E-state index contributed by atoms with van der Waals surface area (Å²) in [7, 11) is 0. The molecule has 0 bridgehead atoms. The number of anilines is 1. The topological polar surface area (TPSA) is 58.3 Å². The van der Waals surface area contributed by atoms with E-state index < -0.39 is 0 Å². The van der Waals surface area contributed by atoms with Crippen LogP contribution in [-0.4, -0.2) is 53.1 Å². The van der Waals surface area contributed by atoms with Crippen LogP contribution in [0.25, 0.3) is 0 Å². The van der Waals surface area contributed by atoms with E-state index >= 15 is 0 Å². The highest BCUT2D eigenvalue weighted by molar-refractivity contribution is 5.41. The first kappa shape index (κ1) is 14.7. The second-order valence-corrected chi connectivity index (χ2v) is 6.72. The highest BCUT2D eigenvalue weighted by Gasteiger charge is 2.30. The Bertz CT molecular complexity index is 467. The molecular formula is C16H27N5. The monoisotopic (exact) mass is 289 g/mol. The van der Waals surface area contributed by atoms with Crippen molar-refractivity contribution in [3.8, 4) is 0 Å². The molecule has 0 amide bonds. The van der Waals surface area contributed by atoms with E-state index in [0.29, 0.717) is 18.0 Å². The highest BCUT2D eigenvalue weighted by Crippen LogP contribution is 2.25. The fourth-order valence-corrected chi connectivity index (χ4v) is 3.38. The SMILES string of the molecule is CC(C)c1cc(N2CCC(N3CCC(N)CC3)C2)ncn1. The fourth-order valence-electron chi connectivity index (χ4n) is 3.38. The first-order chi connectivity index (χ1) is 10.1. The predicted octanol–water partition coefficient (Wildman–Crippen LogP) is 1.60. The summed E-state index contributed by atoms with van der Waals surface area (Å²) in [6, 6.07) is 3.23. The van der Waals surface area contributed by atoms with Crippen LogP contribution in [0.2, 0.25) is 0 Å². The lowest BCUT2D eigenvalue weighted by molar-refractivity contribution is 0.163. The Morgan fingerprint density at radius 1 is 1.14 bits per heavy atom. The van der Waals surface area contributed by atoms with Crippen molar-refractivity contribution in [3.05, 3.63) is 18.1 Å². The van der Waals surface area contributed by atoms with Gasteiger partial charge in [0.2, 0.25) is 0 Å². The molecule has 5 heteroatoms. The van der Waals surface area contributed by atoms with Crippen molar-refractivity contribution in [2.24, 2.45) is 5.73 Å². The maximum Gasteiger partial charge on any atom is 0.132 e. The van der Waals surface area contributed by atoms with Crippen LogP contribution in [0.15, 0.2) is 12.4 Å². The van der Waals surface area contributed by atoms with Crippen molar-refractivity contribution in [2.45, 2.75) is 51.1 Å². The van der Waals surface area contributed by atoms with E-state index in [1.165, 1.54) is 6.42 Å². The molecule has 2 N–H and O–H groups in total. The molecule has 0 saturated carbocycles. The zero-order chi connectivity index (χ0) is 14.8. The predicted molar refractivity (Wildman–Crippen MR) is 85.5 cm³/mol. The molecule has 3 heterocycles. The van der Waals surface area contributed by atoms with Crippen molar-refractivity contribution in [1.29, 1.82) is 0 Å². The lowest BCUT2D eigenvalue weighted by Gasteiger charge is -2.34. The Labute approximate surface area is 127 Å². The maximum absolute atomic E-state index is 6.00. The fraction of sp³-hybridized carbons (Fsp3) is 0.750. The third-order valence-electron chi connectivity index (χ3n) is 4.84. The second kappa shape index (κ2) is 6.28. The van der Waals surface area contributed by atoms with E-state index in [0.717, 1.165) is 50.5 Å². The van der Waals surface area contributed by atoms with Gasteiger partial charge in [0.25, 0.3) is 0 Å². The summed E-state index contributed by atoms with van der Waals surface area (Å²) in [5, 5.41) is 0. The van der Waals surface area contributed by atoms with Gasteiger partial charge in [-0.3, -0.25) is 4.90 Å². The minimum Gasteiger partial charge on any atom is -0.355 e. The quantitative estimate of drug-likeness (QED) is 0.916. The van der Waals surface area contributed by atoms with Gasteiger partial charge >= 0.3 is 0 Å². The molecule has 1 unspecified atom stereocenters. The van der Waals surface area contributed by atoms with Crippen LogP contribution in [-0.2, 0) is 0 Å². The summed E-state index contributed by atoms with van der Waals surface area (Å²) in [4.78, 5) is 13.9. The minimum absolute atomic E-state index is 0.411. The summed E-state index contributed by atoms with van der Waals surface area (Å²) >= 11 is 0. The molecule has 0 radical (unpaired) electrons. The average molecular weight is 289 g/mol. The minimum atomic E-state index is 0.411. The van der Waals surface area contributed by atoms with Crippen LogP contribution in [0.3, 0.4) is 0 Å². The molecule has 0 aliphatic carbocycles. The zero-order valence-electron chi connectivity index (χ0n) is 13.2. The lowest BCUT2D eigenvalue weighted by atomic mass is 10.0. The van der Waals surface area contributed by atoms with Gasteiger partial charge in [-0.2, -0.15) is 0 Å². The third-order valence-corrected chi connectivity index (χ3v) is 4.84. The number of nitrogens with zero attached hydrogens (tertiary/aromatic N) is 4. The van der Waals surface area contributed by atoms with Crippen LogP contribution >= 0.6 is 0 Å². The number of aromatic nitrogens is 2. The van der Waals surface area contributed by atoms with Crippen LogP contribution in [0.5, 0.6) is 0 Å². The number of hydrogen-bond donors (Lipinski definition) is 1. The van der Waals surface area contributed by atoms with E-state index in [9.17, 15) is 0 Å². The molecule has 116 valence electrons. The summed E-state index contributed by atoms with van der Waals surface area (Å²) in [6.45, 7) is 8.85. The highest BCUT2D eigenvalue weighted by atomic mass is 15.3. The van der Waals surface area contributed by atoms with Gasteiger partial charge in [-0.15, -0.1) is 0 Å². The Hall–Kier alpha value is -1.20. The second-order valence-electron chi connectivity index (χ2n) is 6.72. The van der Waals surface area contributed by atoms with Gasteiger partial charge < -0.3 is 10.6 Å². The van der Waals surface area contributed by atoms with E-state index in [4.69, 9.17) is 5.73 Å². The van der Waals surface area contributed by atoms with Gasteiger partial charge in [0, 0.05) is 36.9 Å². The number of likely N-dealkylation sites (tertiary alicyclic amines) is 1. The van der Waals surface area contributed by atoms with Crippen molar-refractivity contribution in [3.63, 3.8) is 0 Å². The zero-order valence-corrected chi connectivity index (χ0v) is 13.2. The van der Waals surface area contributed by atoms with Gasteiger partial charge in [-0.1, -0.05) is 13.8 Å². The van der Waals surface area contributed by atoms with Gasteiger partial charge in [-0.05, 0) is 38.3 Å². The van der Waals surface area contributed by atoms with E-state index in [1.54, 1.807) is 6.33 Å². The van der Waals surface area contributed by atoms with Gasteiger partial charge in [0.1, 0.15) is 12.1 Å². The number of piperidine rings is 1. The maximum atomic E-state index is 6.00. The van der Waals surface area contributed by atoms with Crippen LogP contribution in [0.1, 0.15) is 44.7 Å². The normalized spacial score (nSPS) is 25.0. The first-order valence-corrected chi connectivity index (χ1v) is 8.20. The summed E-state index contributed by atoms with van der Waals surface area (Å²) < 4.78 is 0. The molecule has 5 nitrogen and oxygen atoms in total. The molecule has 2 aliphatic rings. The average Bonchev–Trinajstić information content (AvgIpc) is 2.98. The molecule has 2 saturated heterocycles. The Morgan fingerprint density at radius 2 is 1.90 bits per heavy atom. The molecule has 1 aromatic heterocycles. The lowest BCUT2D eigenvalue weighted by Crippen LogP contribution is -2.46. The number of hydrogen-bond acceptors (Lipinski definition) is 5. The van der Waals surface area contributed by atoms with E-state index in [1.807, 2.05) is 0 Å². The summed E-state index contributed by atoms with van der Waals surface area (Å²) in [5.74, 6) is 1.54. The summed E-state index contributed by atoms with van der Waals surface area (Å²) in [5.41, 5.74) is 7.14. The van der Waals surface area contributed by atoms with Gasteiger partial charge in [0.15, 0.2) is 0 Å². The van der Waals surface area contributed by atoms with Crippen LogP contribution in [0.4, 0.5) is 5.82 Å². The standard InChI is InChI=1S/C16H27N5/c1-12(2)15-9-16(19-11-18-15)21-8-5-14(10-21)20-6-3-13(17)4-7-20/h9,11-14H,3-8,10,17H2,1-2H3. The Kier molecular flexibility index (Phi) is 4.40. The van der Waals surface area contributed by atoms with E-state index in [2.05, 4.69) is 39.7 Å². The molecule has 21 heavy (non-hydrogen) atoms. The molecule has 2 fully saturated rings. The molecule has 3 rings (SSSR count). The number of rotatable bonds is 3. The smallest absolute Gasteiger partial charge is 0.132 e. The van der Waals surface area contributed by atoms with Crippen molar-refractivity contribution in [2.75, 3.05) is 31.1 Å². The molecule has 0 spiro atoms. The van der Waals surface area contributed by atoms with Gasteiger partial charge in [0.05, 0.1) is 0 Å². The van der Waals surface area contributed by atoms with Crippen molar-refractivity contribution in [1.82, 2.24) is 14.9 Å². The molecular weight excluding hydrogens is 262 g/mol. The van der Waals surface area contributed by atoms with Crippen LogP contribution in [0, 0.1) is 0 Å². The molecule has 0 aromatic carbocycles. The molecule has 1 aromatic rings. The van der Waals surface area contributed by atoms with Crippen LogP contribution < -0.4 is 10.6 Å². The van der Waals surface area contributed by atoms with Crippen molar-refractivity contribution < 1.29 is 0 Å². The Balaban J connectivity index is 1.63. The largest absolute Gasteiger partial charge is 0.355 e. The third kappa shape index (κ3) is 3.35. The Morgan fingerprint density at radius 3 is 2.62 bits per heavy atom. The first-order valence-electron chi connectivity index (χ1n) is 8.20. The van der Waals surface area contributed by atoms with Crippen molar-refractivity contribution >= 4 is 5.82 Å². The number of nitrogens with two attached hydrogens (primary N) is 1.